The third kappa shape index (κ3) is 3.45. The molecule has 14 heavy (non-hydrogen) atoms. The summed E-state index contributed by atoms with van der Waals surface area (Å²) < 4.78 is 4.99. The zero-order valence-electron chi connectivity index (χ0n) is 8.57. The van der Waals surface area contributed by atoms with E-state index in [1.54, 1.807) is 26.2 Å². The molecule has 1 N–H and O–H groups in total. The van der Waals surface area contributed by atoms with Gasteiger partial charge in [0.2, 0.25) is 0 Å². The van der Waals surface area contributed by atoms with E-state index in [1.807, 2.05) is 19.1 Å². The molecule has 0 saturated heterocycles. The molecule has 0 atom stereocenters. The van der Waals surface area contributed by atoms with Gasteiger partial charge in [0, 0.05) is 14.1 Å². The summed E-state index contributed by atoms with van der Waals surface area (Å²) in [5.41, 5.74) is 3.61. The topological polar surface area (TPSA) is 41.6 Å². The molecular weight excluding hydrogens is 180 g/mol. The predicted molar refractivity (Wildman–Crippen MR) is 54.0 cm³/mol. The number of carbonyl (C=O) groups is 1. The molecule has 0 saturated carbocycles. The van der Waals surface area contributed by atoms with Crippen LogP contribution < -0.4 is 10.2 Å². The zero-order valence-corrected chi connectivity index (χ0v) is 8.57. The summed E-state index contributed by atoms with van der Waals surface area (Å²) in [5, 5.41) is 1.52. The molecular formula is C10H14N2O2. The quantitative estimate of drug-likeness (QED) is 0.726. The van der Waals surface area contributed by atoms with Gasteiger partial charge in [-0.15, -0.1) is 0 Å². The molecule has 0 unspecified atom stereocenters. The fourth-order valence-electron chi connectivity index (χ4n) is 0.919. The van der Waals surface area contributed by atoms with E-state index in [4.69, 9.17) is 4.74 Å². The summed E-state index contributed by atoms with van der Waals surface area (Å²) in [7, 11) is 3.44. The monoisotopic (exact) mass is 194 g/mol. The average Bonchev–Trinajstić information content (AvgIpc) is 2.07. The van der Waals surface area contributed by atoms with Crippen LogP contribution in [0.15, 0.2) is 24.3 Å². The van der Waals surface area contributed by atoms with Crippen LogP contribution in [-0.2, 0) is 0 Å². The van der Waals surface area contributed by atoms with Crippen molar-refractivity contribution in [2.45, 2.75) is 6.92 Å². The van der Waals surface area contributed by atoms with E-state index >= 15 is 0 Å². The molecule has 0 radical (unpaired) electrons. The number of nitrogens with zero attached hydrogens (tertiary/aromatic N) is 1. The number of hydrogen-bond donors (Lipinski definition) is 1. The predicted octanol–water partition coefficient (Wildman–Crippen LogP) is 1.56. The van der Waals surface area contributed by atoms with E-state index in [9.17, 15) is 4.79 Å². The molecule has 0 aliphatic carbocycles. The Labute approximate surface area is 83.4 Å². The van der Waals surface area contributed by atoms with Crippen LogP contribution in [0, 0.1) is 6.92 Å². The lowest BCUT2D eigenvalue weighted by atomic mass is 10.2. The van der Waals surface area contributed by atoms with Crippen LogP contribution in [0.2, 0.25) is 0 Å². The van der Waals surface area contributed by atoms with Gasteiger partial charge < -0.3 is 4.74 Å². The van der Waals surface area contributed by atoms with Crippen molar-refractivity contribution in [3.63, 3.8) is 0 Å². The number of ether oxygens (including phenoxy) is 1. The number of carbonyl (C=O) groups excluding carboxylic acids is 1. The van der Waals surface area contributed by atoms with E-state index in [2.05, 4.69) is 5.43 Å². The van der Waals surface area contributed by atoms with Crippen LogP contribution in [0.5, 0.6) is 5.75 Å². The number of amides is 1. The van der Waals surface area contributed by atoms with Crippen molar-refractivity contribution in [3.05, 3.63) is 29.8 Å². The van der Waals surface area contributed by atoms with Gasteiger partial charge in [0.25, 0.3) is 0 Å². The highest BCUT2D eigenvalue weighted by molar-refractivity contribution is 5.69. The maximum absolute atomic E-state index is 11.1. The van der Waals surface area contributed by atoms with Crippen molar-refractivity contribution >= 4 is 6.09 Å². The van der Waals surface area contributed by atoms with Crippen molar-refractivity contribution in [1.82, 2.24) is 10.4 Å². The van der Waals surface area contributed by atoms with E-state index in [0.29, 0.717) is 5.75 Å². The van der Waals surface area contributed by atoms with Crippen LogP contribution in [0.4, 0.5) is 4.79 Å². The van der Waals surface area contributed by atoms with Gasteiger partial charge >= 0.3 is 6.09 Å². The number of rotatable bonds is 2. The summed E-state index contributed by atoms with van der Waals surface area (Å²) in [6, 6.07) is 7.28. The molecule has 0 aromatic heterocycles. The average molecular weight is 194 g/mol. The molecule has 1 aromatic rings. The number of nitrogens with one attached hydrogen (secondary N) is 1. The highest BCUT2D eigenvalue weighted by Crippen LogP contribution is 2.11. The summed E-state index contributed by atoms with van der Waals surface area (Å²) in [4.78, 5) is 11.1. The minimum absolute atomic E-state index is 0.487. The SMILES string of the molecule is Cc1ccc(OC(=O)NN(C)C)cc1. The summed E-state index contributed by atoms with van der Waals surface area (Å²) >= 11 is 0. The van der Waals surface area contributed by atoms with E-state index in [1.165, 1.54) is 5.01 Å². The lowest BCUT2D eigenvalue weighted by molar-refractivity contribution is 0.171. The van der Waals surface area contributed by atoms with Crippen molar-refractivity contribution < 1.29 is 9.53 Å². The number of benzene rings is 1. The Morgan fingerprint density at radius 1 is 1.29 bits per heavy atom. The highest BCUT2D eigenvalue weighted by atomic mass is 16.6. The molecule has 0 heterocycles. The molecule has 1 amide bonds. The van der Waals surface area contributed by atoms with Crippen LogP contribution in [0.1, 0.15) is 5.56 Å². The maximum atomic E-state index is 11.1. The minimum Gasteiger partial charge on any atom is -0.409 e. The fourth-order valence-corrected chi connectivity index (χ4v) is 0.919. The van der Waals surface area contributed by atoms with Crippen molar-refractivity contribution in [2.24, 2.45) is 0 Å². The third-order valence-electron chi connectivity index (χ3n) is 1.55. The molecule has 0 aliphatic heterocycles. The Bertz CT molecular complexity index is 306. The van der Waals surface area contributed by atoms with Gasteiger partial charge in [0.15, 0.2) is 0 Å². The van der Waals surface area contributed by atoms with Gasteiger partial charge in [0.1, 0.15) is 5.75 Å². The van der Waals surface area contributed by atoms with E-state index < -0.39 is 6.09 Å². The fraction of sp³-hybridized carbons (Fsp3) is 0.300. The van der Waals surface area contributed by atoms with E-state index in [0.717, 1.165) is 5.56 Å². The zero-order chi connectivity index (χ0) is 10.6. The Kier molecular flexibility index (Phi) is 3.48. The first-order chi connectivity index (χ1) is 6.58. The molecule has 4 heteroatoms. The second-order valence-corrected chi connectivity index (χ2v) is 3.21. The largest absolute Gasteiger partial charge is 0.427 e. The smallest absolute Gasteiger partial charge is 0.409 e. The first-order valence-corrected chi connectivity index (χ1v) is 4.30. The van der Waals surface area contributed by atoms with E-state index in [-0.39, 0.29) is 0 Å². The second kappa shape index (κ2) is 4.62. The van der Waals surface area contributed by atoms with Crippen LogP contribution in [-0.4, -0.2) is 25.2 Å². The third-order valence-corrected chi connectivity index (χ3v) is 1.55. The van der Waals surface area contributed by atoms with Crippen LogP contribution >= 0.6 is 0 Å². The lowest BCUT2D eigenvalue weighted by Crippen LogP contribution is -2.38. The number of aryl methyl sites for hydroxylation is 1. The second-order valence-electron chi connectivity index (χ2n) is 3.21. The Balaban J connectivity index is 2.52. The van der Waals surface area contributed by atoms with Crippen molar-refractivity contribution in [2.75, 3.05) is 14.1 Å². The number of hydrogen-bond acceptors (Lipinski definition) is 3. The Morgan fingerprint density at radius 2 is 1.86 bits per heavy atom. The van der Waals surface area contributed by atoms with Gasteiger partial charge in [-0.2, -0.15) is 0 Å². The standard InChI is InChI=1S/C10H14N2O2/c1-8-4-6-9(7-5-8)14-10(13)11-12(2)3/h4-7H,1-3H3,(H,11,13). The van der Waals surface area contributed by atoms with Gasteiger partial charge in [-0.3, -0.25) is 5.43 Å². The van der Waals surface area contributed by atoms with Gasteiger partial charge in [-0.25, -0.2) is 9.80 Å². The molecule has 4 nitrogen and oxygen atoms in total. The van der Waals surface area contributed by atoms with Gasteiger partial charge in [-0.05, 0) is 19.1 Å². The van der Waals surface area contributed by atoms with Gasteiger partial charge in [0.05, 0.1) is 0 Å². The van der Waals surface area contributed by atoms with Crippen molar-refractivity contribution in [1.29, 1.82) is 0 Å². The maximum Gasteiger partial charge on any atom is 0.427 e. The molecule has 1 aromatic carbocycles. The molecule has 0 spiro atoms. The normalized spacial score (nSPS) is 10.0. The summed E-state index contributed by atoms with van der Waals surface area (Å²) in [6.07, 6.45) is -0.487. The molecule has 0 bridgehead atoms. The Hall–Kier alpha value is -1.55. The van der Waals surface area contributed by atoms with Crippen molar-refractivity contribution in [3.8, 4) is 5.75 Å². The molecule has 0 fully saturated rings. The minimum atomic E-state index is -0.487. The highest BCUT2D eigenvalue weighted by Gasteiger charge is 2.03. The first-order valence-electron chi connectivity index (χ1n) is 4.30. The van der Waals surface area contributed by atoms with Crippen LogP contribution in [0.3, 0.4) is 0 Å². The van der Waals surface area contributed by atoms with Crippen LogP contribution in [0.25, 0.3) is 0 Å². The molecule has 1 rings (SSSR count). The first kappa shape index (κ1) is 10.5. The summed E-state index contributed by atoms with van der Waals surface area (Å²) in [5.74, 6) is 0.537. The Morgan fingerprint density at radius 3 is 2.36 bits per heavy atom. The summed E-state index contributed by atoms with van der Waals surface area (Å²) in [6.45, 7) is 1.98. The van der Waals surface area contributed by atoms with Gasteiger partial charge in [-0.1, -0.05) is 17.7 Å². The number of hydrazine groups is 1. The molecule has 0 aliphatic rings. The lowest BCUT2D eigenvalue weighted by Gasteiger charge is -2.11. The molecule has 76 valence electrons.